The van der Waals surface area contributed by atoms with Crippen LogP contribution in [0.4, 0.5) is 4.79 Å². The van der Waals surface area contributed by atoms with Crippen molar-refractivity contribution >= 4 is 34.7 Å². The highest BCUT2D eigenvalue weighted by molar-refractivity contribution is 6.00. The molecule has 2 aromatic carbocycles. The van der Waals surface area contributed by atoms with Gasteiger partial charge >= 0.3 is 6.09 Å². The summed E-state index contributed by atoms with van der Waals surface area (Å²) in [6, 6.07) is 15.2. The first-order valence-corrected chi connectivity index (χ1v) is 19.2. The van der Waals surface area contributed by atoms with Gasteiger partial charge in [0.25, 0.3) is 5.89 Å². The lowest BCUT2D eigenvalue weighted by Crippen LogP contribution is -2.52. The first kappa shape index (κ1) is 39.1. The van der Waals surface area contributed by atoms with E-state index in [1.165, 1.54) is 19.3 Å². The van der Waals surface area contributed by atoms with Crippen molar-refractivity contribution in [2.75, 3.05) is 26.3 Å². The van der Waals surface area contributed by atoms with Crippen LogP contribution in [-0.4, -0.2) is 77.9 Å². The average molecular weight is 717 g/mol. The Hall–Kier alpha value is -4.09. The molecular formula is C41H56N4O7. The van der Waals surface area contributed by atoms with Crippen LogP contribution >= 0.6 is 0 Å². The minimum absolute atomic E-state index is 0.0233. The second kappa shape index (κ2) is 19.7. The monoisotopic (exact) mass is 716 g/mol. The van der Waals surface area contributed by atoms with E-state index in [4.69, 9.17) is 19.6 Å². The van der Waals surface area contributed by atoms with Crippen molar-refractivity contribution in [1.29, 1.82) is 0 Å². The number of oxazole rings is 1. The van der Waals surface area contributed by atoms with E-state index in [2.05, 4.69) is 10.3 Å². The van der Waals surface area contributed by atoms with Crippen molar-refractivity contribution < 1.29 is 33.1 Å². The molecule has 3 aromatic rings. The van der Waals surface area contributed by atoms with E-state index in [1.54, 1.807) is 17.0 Å². The van der Waals surface area contributed by atoms with Crippen LogP contribution in [0.15, 0.2) is 59.0 Å². The summed E-state index contributed by atoms with van der Waals surface area (Å²) in [7, 11) is 0. The van der Waals surface area contributed by atoms with E-state index in [1.807, 2.05) is 56.3 Å². The molecule has 1 saturated carbocycles. The Balaban J connectivity index is 1.37. The van der Waals surface area contributed by atoms with E-state index in [9.17, 15) is 19.2 Å². The van der Waals surface area contributed by atoms with Gasteiger partial charge in [0.15, 0.2) is 11.4 Å². The van der Waals surface area contributed by atoms with Crippen molar-refractivity contribution in [3.05, 3.63) is 66.1 Å². The number of nitrogens with zero attached hydrogens (tertiary/aromatic N) is 2. The second-order valence-electron chi connectivity index (χ2n) is 14.9. The van der Waals surface area contributed by atoms with Crippen LogP contribution in [-0.2, 0) is 25.5 Å². The van der Waals surface area contributed by atoms with Gasteiger partial charge in [-0.05, 0) is 74.6 Å². The van der Waals surface area contributed by atoms with Gasteiger partial charge in [0.2, 0.25) is 11.7 Å². The van der Waals surface area contributed by atoms with Gasteiger partial charge < -0.3 is 29.8 Å². The first-order valence-electron chi connectivity index (χ1n) is 19.2. The maximum atomic E-state index is 14.5. The summed E-state index contributed by atoms with van der Waals surface area (Å²) in [5.74, 6) is -1.04. The number of hydrogen-bond acceptors (Lipinski definition) is 9. The molecule has 1 aliphatic carbocycles. The molecule has 2 fully saturated rings. The molecule has 5 rings (SSSR count). The highest BCUT2D eigenvalue weighted by atomic mass is 16.5. The fraction of sp³-hybridized carbons (Fsp3) is 0.585. The number of nitrogens with two attached hydrogens (primary N) is 1. The molecule has 11 nitrogen and oxygen atoms in total. The zero-order valence-electron chi connectivity index (χ0n) is 30.8. The maximum Gasteiger partial charge on any atom is 0.407 e. The molecular weight excluding hydrogens is 660 g/mol. The molecule has 2 aliphatic rings. The molecule has 1 aromatic heterocycles. The number of aromatic nitrogens is 1. The van der Waals surface area contributed by atoms with Crippen LogP contribution in [0, 0.1) is 17.8 Å². The van der Waals surface area contributed by atoms with Crippen LogP contribution in [0.1, 0.15) is 101 Å². The van der Waals surface area contributed by atoms with Crippen LogP contribution in [0.25, 0.3) is 11.1 Å². The Labute approximate surface area is 307 Å². The smallest absolute Gasteiger partial charge is 0.407 e. The predicted molar refractivity (Wildman–Crippen MR) is 199 cm³/mol. The number of carbonyl (C=O) groups is 4. The molecule has 52 heavy (non-hydrogen) atoms. The number of unbranched alkanes of at least 4 members (excludes halogenated alkanes) is 1. The fourth-order valence-electron chi connectivity index (χ4n) is 7.32. The van der Waals surface area contributed by atoms with E-state index < -0.39 is 24.1 Å². The summed E-state index contributed by atoms with van der Waals surface area (Å²) in [5, 5.41) is 2.81. The lowest BCUT2D eigenvalue weighted by molar-refractivity contribution is -0.139. The highest BCUT2D eigenvalue weighted by Gasteiger charge is 2.43. The molecule has 1 aliphatic heterocycles. The predicted octanol–water partition coefficient (Wildman–Crippen LogP) is 6.66. The van der Waals surface area contributed by atoms with Gasteiger partial charge in [-0.15, -0.1) is 0 Å². The first-order chi connectivity index (χ1) is 25.2. The molecule has 0 radical (unpaired) electrons. The third-order valence-electron chi connectivity index (χ3n) is 10.2. The Morgan fingerprint density at radius 1 is 0.981 bits per heavy atom. The number of ketones is 2. The molecule has 1 saturated heterocycles. The van der Waals surface area contributed by atoms with Crippen LogP contribution in [0.2, 0.25) is 0 Å². The second-order valence-corrected chi connectivity index (χ2v) is 14.9. The average Bonchev–Trinajstić information content (AvgIpc) is 3.80. The van der Waals surface area contributed by atoms with Gasteiger partial charge in [0, 0.05) is 31.9 Å². The van der Waals surface area contributed by atoms with Gasteiger partial charge in [0.1, 0.15) is 11.6 Å². The Morgan fingerprint density at radius 3 is 2.46 bits per heavy atom. The number of Topliss-reactive ketones (excluding diaryl/α,β-unsaturated/α-hetero) is 2. The number of benzene rings is 2. The highest BCUT2D eigenvalue weighted by Crippen LogP contribution is 2.30. The Kier molecular flexibility index (Phi) is 14.8. The van der Waals surface area contributed by atoms with E-state index in [0.717, 1.165) is 18.4 Å². The van der Waals surface area contributed by atoms with Crippen molar-refractivity contribution in [1.82, 2.24) is 15.2 Å². The Bertz CT molecular complexity index is 1570. The van der Waals surface area contributed by atoms with Crippen molar-refractivity contribution in [2.45, 2.75) is 109 Å². The lowest BCUT2D eigenvalue weighted by Gasteiger charge is -2.29. The van der Waals surface area contributed by atoms with Crippen LogP contribution in [0.3, 0.4) is 0 Å². The zero-order valence-corrected chi connectivity index (χ0v) is 30.8. The lowest BCUT2D eigenvalue weighted by atomic mass is 9.89. The molecule has 0 spiro atoms. The number of nitrogens with one attached hydrogen (secondary N) is 1. The van der Waals surface area contributed by atoms with Gasteiger partial charge in [-0.25, -0.2) is 9.78 Å². The quantitative estimate of drug-likeness (QED) is 0.102. The molecule has 3 N–H and O–H groups in total. The third-order valence-corrected chi connectivity index (χ3v) is 10.2. The number of para-hydroxylation sites is 2. The van der Waals surface area contributed by atoms with Crippen molar-refractivity contribution in [3.63, 3.8) is 0 Å². The fourth-order valence-corrected chi connectivity index (χ4v) is 7.32. The van der Waals surface area contributed by atoms with Gasteiger partial charge in [-0.1, -0.05) is 82.0 Å². The molecule has 11 heteroatoms. The number of rotatable bonds is 19. The largest absolute Gasteiger partial charge is 0.449 e. The normalized spacial score (nSPS) is 19.1. The number of alkyl carbamates (subject to hydrolysis) is 1. The molecule has 4 atom stereocenters. The van der Waals surface area contributed by atoms with Crippen molar-refractivity contribution in [3.8, 4) is 0 Å². The number of aryl methyl sites for hydroxylation is 1. The Morgan fingerprint density at radius 2 is 1.73 bits per heavy atom. The number of ether oxygens (including phenoxy) is 2. The number of fused-ring (bicyclic) bond motifs is 1. The summed E-state index contributed by atoms with van der Waals surface area (Å²) < 4.78 is 17.7. The summed E-state index contributed by atoms with van der Waals surface area (Å²) >= 11 is 0. The topological polar surface area (TPSA) is 154 Å². The maximum absolute atomic E-state index is 14.5. The van der Waals surface area contributed by atoms with Gasteiger partial charge in [0.05, 0.1) is 18.8 Å². The standard InChI is InChI=1S/C41H56N4O7/c1-28(2)26-51-41(49)44-34(21-20-29-13-5-3-6-14-29)40(48)45-25-32(50-27-30-15-7-4-8-16-30)24-35(45)36(46)23-31(17-11-12-22-42)38(47)39-43-33-18-9-10-19-37(33)52-39/h3,5-6,9-10,13-14,18-19,28,30-32,34-35H,4,7-8,11-12,15-17,20-27,42H2,1-2H3,(H,44,49)/t31-,32-,34-,35+/m1/s1. The number of carbonyl (C=O) groups excluding carboxylic acids is 4. The minimum Gasteiger partial charge on any atom is -0.449 e. The summed E-state index contributed by atoms with van der Waals surface area (Å²) in [6.07, 6.45) is 7.74. The van der Waals surface area contributed by atoms with Crippen molar-refractivity contribution in [2.24, 2.45) is 23.5 Å². The molecule has 0 bridgehead atoms. The van der Waals surface area contributed by atoms with E-state index in [-0.39, 0.29) is 55.0 Å². The zero-order chi connectivity index (χ0) is 36.9. The third kappa shape index (κ3) is 11.2. The molecule has 2 amide bonds. The van der Waals surface area contributed by atoms with Gasteiger partial charge in [-0.3, -0.25) is 14.4 Å². The number of amides is 2. The van der Waals surface area contributed by atoms with Gasteiger partial charge in [-0.2, -0.15) is 0 Å². The van der Waals surface area contributed by atoms with E-state index >= 15 is 0 Å². The van der Waals surface area contributed by atoms with Crippen LogP contribution in [0.5, 0.6) is 0 Å². The van der Waals surface area contributed by atoms with Crippen LogP contribution < -0.4 is 11.1 Å². The molecule has 2 heterocycles. The summed E-state index contributed by atoms with van der Waals surface area (Å²) in [5.41, 5.74) is 7.89. The summed E-state index contributed by atoms with van der Waals surface area (Å²) in [6.45, 7) is 5.38. The molecule has 0 unspecified atom stereocenters. The summed E-state index contributed by atoms with van der Waals surface area (Å²) in [4.78, 5) is 61.7. The van der Waals surface area contributed by atoms with E-state index in [0.29, 0.717) is 68.7 Å². The molecule has 282 valence electrons. The number of hydrogen-bond donors (Lipinski definition) is 2. The SMILES string of the molecule is CC(C)COC(=O)N[C@H](CCc1ccccc1)C(=O)N1C[C@H](OCC2CCCCC2)C[C@H]1C(=O)C[C@@H](CCCCN)C(=O)c1nc2ccccc2o1. The minimum atomic E-state index is -0.922. The number of likely N-dealkylation sites (tertiary alicyclic amines) is 1.